The molecule has 114 valence electrons. The molecule has 0 aliphatic heterocycles. The molecule has 0 fully saturated rings. The lowest BCUT2D eigenvalue weighted by atomic mass is 10.2. The lowest BCUT2D eigenvalue weighted by Gasteiger charge is -2.01. The van der Waals surface area contributed by atoms with E-state index >= 15 is 0 Å². The molecule has 2 aromatic heterocycles. The second-order valence-electron chi connectivity index (χ2n) is 5.03. The molecule has 3 rings (SSSR count). The fraction of sp³-hybridized carbons (Fsp3) is 0.105. The van der Waals surface area contributed by atoms with E-state index in [9.17, 15) is 4.79 Å². The molecule has 0 spiro atoms. The minimum absolute atomic E-state index is 0.0923. The summed E-state index contributed by atoms with van der Waals surface area (Å²) in [6.45, 7) is 2.87. The van der Waals surface area contributed by atoms with Crippen LogP contribution >= 0.6 is 0 Å². The zero-order valence-corrected chi connectivity index (χ0v) is 12.9. The smallest absolute Gasteiger partial charge is 0.178 e. The van der Waals surface area contributed by atoms with Crippen LogP contribution in [0.5, 0.6) is 0 Å². The van der Waals surface area contributed by atoms with E-state index in [4.69, 9.17) is 0 Å². The summed E-state index contributed by atoms with van der Waals surface area (Å²) in [4.78, 5) is 20.7. The number of aromatic nitrogens is 3. The van der Waals surface area contributed by atoms with Crippen LogP contribution in [-0.2, 0) is 11.3 Å². The van der Waals surface area contributed by atoms with Crippen molar-refractivity contribution in [2.24, 2.45) is 0 Å². The van der Waals surface area contributed by atoms with E-state index in [1.165, 1.54) is 12.2 Å². The van der Waals surface area contributed by atoms with E-state index in [-0.39, 0.29) is 5.78 Å². The molecule has 0 unspecified atom stereocenters. The van der Waals surface area contributed by atoms with Crippen molar-refractivity contribution < 1.29 is 4.79 Å². The van der Waals surface area contributed by atoms with Gasteiger partial charge in [0.25, 0.3) is 0 Å². The highest BCUT2D eigenvalue weighted by atomic mass is 16.1. The monoisotopic (exact) mass is 303 g/mol. The largest absolute Gasteiger partial charge is 0.325 e. The number of ketones is 1. The van der Waals surface area contributed by atoms with Gasteiger partial charge in [-0.15, -0.1) is 0 Å². The van der Waals surface area contributed by atoms with Crippen LogP contribution in [0.4, 0.5) is 0 Å². The maximum atomic E-state index is 12.0. The molecule has 0 amide bonds. The Morgan fingerprint density at radius 3 is 2.65 bits per heavy atom. The second kappa shape index (κ2) is 6.83. The Kier molecular flexibility index (Phi) is 4.43. The van der Waals surface area contributed by atoms with Crippen molar-refractivity contribution in [1.82, 2.24) is 14.5 Å². The summed E-state index contributed by atoms with van der Waals surface area (Å²) in [5.74, 6) is 0.693. The molecule has 4 nitrogen and oxygen atoms in total. The van der Waals surface area contributed by atoms with Gasteiger partial charge in [-0.2, -0.15) is 0 Å². The molecule has 2 heterocycles. The number of carbonyl (C=O) groups excluding carboxylic acids is 1. The first-order valence-electron chi connectivity index (χ1n) is 7.54. The molecular weight excluding hydrogens is 286 g/mol. The maximum Gasteiger partial charge on any atom is 0.178 e. The number of aryl methyl sites for hydroxylation is 1. The zero-order chi connectivity index (χ0) is 16.1. The van der Waals surface area contributed by atoms with Gasteiger partial charge in [-0.05, 0) is 55.5 Å². The number of allylic oxidation sites excluding steroid dienone is 2. The predicted octanol–water partition coefficient (Wildman–Crippen LogP) is 3.75. The van der Waals surface area contributed by atoms with Crippen molar-refractivity contribution in [2.75, 3.05) is 0 Å². The standard InChI is InChI=1S/C19H17N3O/c1-2-22-18-9-4-3-8-17(18)21-19(22)13-12-16(23)11-10-15-7-5-6-14-20-15/h3-14H,2H2,1H3/b11-10+,13-12+. The van der Waals surface area contributed by atoms with Gasteiger partial charge in [0.1, 0.15) is 5.82 Å². The summed E-state index contributed by atoms with van der Waals surface area (Å²) < 4.78 is 2.08. The van der Waals surface area contributed by atoms with Crippen LogP contribution in [-0.4, -0.2) is 20.3 Å². The summed E-state index contributed by atoms with van der Waals surface area (Å²) >= 11 is 0. The van der Waals surface area contributed by atoms with Gasteiger partial charge in [0.2, 0.25) is 0 Å². The molecule has 0 saturated carbocycles. The van der Waals surface area contributed by atoms with E-state index in [0.29, 0.717) is 0 Å². The van der Waals surface area contributed by atoms with Crippen molar-refractivity contribution in [3.05, 3.63) is 72.3 Å². The lowest BCUT2D eigenvalue weighted by molar-refractivity contribution is -0.110. The summed E-state index contributed by atoms with van der Waals surface area (Å²) in [5, 5.41) is 0. The number of pyridine rings is 1. The Labute approximate surface area is 134 Å². The Balaban J connectivity index is 1.80. The fourth-order valence-corrected chi connectivity index (χ4v) is 2.41. The third-order valence-corrected chi connectivity index (χ3v) is 3.50. The third kappa shape index (κ3) is 3.43. The zero-order valence-electron chi connectivity index (χ0n) is 12.9. The Morgan fingerprint density at radius 2 is 1.87 bits per heavy atom. The van der Waals surface area contributed by atoms with Crippen LogP contribution in [0.2, 0.25) is 0 Å². The number of para-hydroxylation sites is 2. The van der Waals surface area contributed by atoms with E-state index in [2.05, 4.69) is 21.5 Å². The SMILES string of the molecule is CCn1c(/C=C/C(=O)/C=C/c2ccccn2)nc2ccccc21. The van der Waals surface area contributed by atoms with Crippen LogP contribution in [0, 0.1) is 0 Å². The molecule has 3 aromatic rings. The van der Waals surface area contributed by atoms with E-state index in [1.807, 2.05) is 42.5 Å². The molecule has 0 saturated heterocycles. The van der Waals surface area contributed by atoms with Crippen molar-refractivity contribution in [1.29, 1.82) is 0 Å². The van der Waals surface area contributed by atoms with Gasteiger partial charge < -0.3 is 4.57 Å². The molecule has 4 heteroatoms. The minimum atomic E-state index is -0.0923. The molecule has 1 aromatic carbocycles. The number of benzene rings is 1. The van der Waals surface area contributed by atoms with Gasteiger partial charge in [-0.1, -0.05) is 18.2 Å². The predicted molar refractivity (Wildman–Crippen MR) is 92.7 cm³/mol. The number of nitrogens with zero attached hydrogens (tertiary/aromatic N) is 3. The number of hydrogen-bond acceptors (Lipinski definition) is 3. The average molecular weight is 303 g/mol. The van der Waals surface area contributed by atoms with Crippen molar-refractivity contribution in [3.63, 3.8) is 0 Å². The normalized spacial score (nSPS) is 11.7. The van der Waals surface area contributed by atoms with Crippen LogP contribution in [0.1, 0.15) is 18.4 Å². The number of fused-ring (bicyclic) bond motifs is 1. The third-order valence-electron chi connectivity index (χ3n) is 3.50. The van der Waals surface area contributed by atoms with Gasteiger partial charge in [0, 0.05) is 12.7 Å². The van der Waals surface area contributed by atoms with Gasteiger partial charge in [0.05, 0.1) is 16.7 Å². The Hall–Kier alpha value is -3.01. The first-order chi connectivity index (χ1) is 11.3. The van der Waals surface area contributed by atoms with Crippen LogP contribution in [0.3, 0.4) is 0 Å². The first-order valence-corrected chi connectivity index (χ1v) is 7.54. The fourth-order valence-electron chi connectivity index (χ4n) is 2.41. The van der Waals surface area contributed by atoms with E-state index in [1.54, 1.807) is 18.3 Å². The van der Waals surface area contributed by atoms with Gasteiger partial charge >= 0.3 is 0 Å². The molecule has 0 aliphatic rings. The quantitative estimate of drug-likeness (QED) is 0.674. The molecule has 0 N–H and O–H groups in total. The summed E-state index contributed by atoms with van der Waals surface area (Å²) in [7, 11) is 0. The van der Waals surface area contributed by atoms with Gasteiger partial charge in [0.15, 0.2) is 5.78 Å². The number of hydrogen-bond donors (Lipinski definition) is 0. The van der Waals surface area contributed by atoms with Crippen LogP contribution < -0.4 is 0 Å². The highest BCUT2D eigenvalue weighted by Gasteiger charge is 2.06. The molecular formula is C19H17N3O. The molecule has 0 aliphatic carbocycles. The molecule has 0 bridgehead atoms. The highest BCUT2D eigenvalue weighted by Crippen LogP contribution is 2.16. The number of carbonyl (C=O) groups is 1. The van der Waals surface area contributed by atoms with E-state index < -0.39 is 0 Å². The van der Waals surface area contributed by atoms with Gasteiger partial charge in [-0.3, -0.25) is 9.78 Å². The van der Waals surface area contributed by atoms with Crippen LogP contribution in [0.25, 0.3) is 23.2 Å². The summed E-state index contributed by atoms with van der Waals surface area (Å²) in [6.07, 6.45) is 8.21. The molecule has 0 radical (unpaired) electrons. The lowest BCUT2D eigenvalue weighted by Crippen LogP contribution is -1.97. The van der Waals surface area contributed by atoms with Crippen LogP contribution in [0.15, 0.2) is 60.8 Å². The van der Waals surface area contributed by atoms with Gasteiger partial charge in [-0.25, -0.2) is 4.98 Å². The Bertz CT molecular complexity index is 876. The molecule has 23 heavy (non-hydrogen) atoms. The topological polar surface area (TPSA) is 47.8 Å². The number of rotatable bonds is 5. The number of imidazole rings is 1. The van der Waals surface area contributed by atoms with Crippen molar-refractivity contribution >= 4 is 29.0 Å². The summed E-state index contributed by atoms with van der Waals surface area (Å²) in [5.41, 5.74) is 2.77. The molecule has 0 atom stereocenters. The highest BCUT2D eigenvalue weighted by molar-refractivity contribution is 6.04. The van der Waals surface area contributed by atoms with Crippen molar-refractivity contribution in [2.45, 2.75) is 13.5 Å². The average Bonchev–Trinajstić information content (AvgIpc) is 2.96. The van der Waals surface area contributed by atoms with E-state index in [0.717, 1.165) is 29.1 Å². The maximum absolute atomic E-state index is 12.0. The second-order valence-corrected chi connectivity index (χ2v) is 5.03. The van der Waals surface area contributed by atoms with Crippen molar-refractivity contribution in [3.8, 4) is 0 Å². The Morgan fingerprint density at radius 1 is 1.09 bits per heavy atom. The minimum Gasteiger partial charge on any atom is -0.325 e. The summed E-state index contributed by atoms with van der Waals surface area (Å²) in [6, 6.07) is 13.5. The first kappa shape index (κ1) is 14.9.